The highest BCUT2D eigenvalue weighted by Gasteiger charge is 2.22. The maximum absolute atomic E-state index is 11.1. The number of carboxylic acid groups (broad SMARTS) is 1. The Labute approximate surface area is 98.0 Å². The quantitative estimate of drug-likeness (QED) is 0.807. The number of hydrogen-bond acceptors (Lipinski definition) is 3. The zero-order chi connectivity index (χ0) is 11.8. The normalized spacial score (nSPS) is 12.7. The smallest absolute Gasteiger partial charge is 0.354 e. The number of aryl methyl sites for hydroxylation is 1. The van der Waals surface area contributed by atoms with Crippen LogP contribution in [0.25, 0.3) is 11.3 Å². The fraction of sp³-hybridized carbons (Fsp3) is 0.154. The van der Waals surface area contributed by atoms with Gasteiger partial charge in [-0.3, -0.25) is 0 Å². The molecule has 4 nitrogen and oxygen atoms in total. The van der Waals surface area contributed by atoms with Crippen LogP contribution in [0.5, 0.6) is 0 Å². The third-order valence-corrected chi connectivity index (χ3v) is 3.06. The summed E-state index contributed by atoms with van der Waals surface area (Å²) in [6.07, 6.45) is 2.86. The molecule has 0 saturated carbocycles. The molecule has 0 amide bonds. The van der Waals surface area contributed by atoms with Crippen molar-refractivity contribution in [1.29, 1.82) is 0 Å². The van der Waals surface area contributed by atoms with Crippen molar-refractivity contribution in [2.45, 2.75) is 12.8 Å². The second-order valence-corrected chi connectivity index (χ2v) is 4.01. The first-order valence-electron chi connectivity index (χ1n) is 5.43. The van der Waals surface area contributed by atoms with Gasteiger partial charge < -0.3 is 5.11 Å². The lowest BCUT2D eigenvalue weighted by molar-refractivity contribution is 0.0689. The number of hydrogen-bond donors (Lipinski definition) is 1. The van der Waals surface area contributed by atoms with Crippen LogP contribution >= 0.6 is 0 Å². The van der Waals surface area contributed by atoms with Gasteiger partial charge in [0.15, 0.2) is 5.69 Å². The van der Waals surface area contributed by atoms with Gasteiger partial charge in [0, 0.05) is 11.1 Å². The standard InChI is InChI=1S/C13H10N2O2/c16-13(17)12-10-6-5-8-3-1-2-4-9(8)11(10)14-7-15-12/h1-4,7H,5-6H2,(H,16,17). The molecule has 0 atom stereocenters. The molecule has 1 N–H and O–H groups in total. The Kier molecular flexibility index (Phi) is 2.14. The average molecular weight is 226 g/mol. The van der Waals surface area contributed by atoms with E-state index in [9.17, 15) is 4.79 Å². The zero-order valence-corrected chi connectivity index (χ0v) is 9.05. The Hall–Kier alpha value is -2.23. The van der Waals surface area contributed by atoms with E-state index in [1.165, 1.54) is 11.9 Å². The fourth-order valence-electron chi connectivity index (χ4n) is 2.29. The molecule has 0 saturated heterocycles. The van der Waals surface area contributed by atoms with E-state index < -0.39 is 5.97 Å². The number of nitrogens with zero attached hydrogens (tertiary/aromatic N) is 2. The monoisotopic (exact) mass is 226 g/mol. The molecule has 0 fully saturated rings. The Morgan fingerprint density at radius 2 is 2.00 bits per heavy atom. The minimum Gasteiger partial charge on any atom is -0.477 e. The minimum atomic E-state index is -0.983. The number of fused-ring (bicyclic) bond motifs is 3. The Morgan fingerprint density at radius 3 is 2.82 bits per heavy atom. The summed E-state index contributed by atoms with van der Waals surface area (Å²) in [4.78, 5) is 19.2. The second-order valence-electron chi connectivity index (χ2n) is 4.01. The van der Waals surface area contributed by atoms with Crippen molar-refractivity contribution < 1.29 is 9.90 Å². The highest BCUT2D eigenvalue weighted by atomic mass is 16.4. The van der Waals surface area contributed by atoms with Crippen LogP contribution in [-0.2, 0) is 12.8 Å². The van der Waals surface area contributed by atoms with Gasteiger partial charge in [0.2, 0.25) is 0 Å². The first-order valence-corrected chi connectivity index (χ1v) is 5.43. The number of carbonyl (C=O) groups is 1. The zero-order valence-electron chi connectivity index (χ0n) is 9.05. The minimum absolute atomic E-state index is 0.129. The van der Waals surface area contributed by atoms with Crippen molar-refractivity contribution in [3.05, 3.63) is 47.4 Å². The summed E-state index contributed by atoms with van der Waals surface area (Å²) in [7, 11) is 0. The van der Waals surface area contributed by atoms with Gasteiger partial charge in [-0.1, -0.05) is 24.3 Å². The molecule has 0 unspecified atom stereocenters. The van der Waals surface area contributed by atoms with Crippen molar-refractivity contribution >= 4 is 5.97 Å². The van der Waals surface area contributed by atoms with Crippen LogP contribution in [0.2, 0.25) is 0 Å². The lowest BCUT2D eigenvalue weighted by Crippen LogP contribution is -2.13. The maximum Gasteiger partial charge on any atom is 0.354 e. The molecule has 1 aliphatic carbocycles. The number of rotatable bonds is 1. The number of aromatic carboxylic acids is 1. The van der Waals surface area contributed by atoms with Crippen LogP contribution in [0.3, 0.4) is 0 Å². The van der Waals surface area contributed by atoms with Crippen LogP contribution in [-0.4, -0.2) is 21.0 Å². The highest BCUT2D eigenvalue weighted by molar-refractivity contribution is 5.90. The Bertz CT molecular complexity index is 608. The molecule has 0 bridgehead atoms. The van der Waals surface area contributed by atoms with Gasteiger partial charge in [0.25, 0.3) is 0 Å². The molecule has 0 spiro atoms. The average Bonchev–Trinajstić information content (AvgIpc) is 2.37. The number of aromatic nitrogens is 2. The third-order valence-electron chi connectivity index (χ3n) is 3.06. The van der Waals surface area contributed by atoms with E-state index in [-0.39, 0.29) is 5.69 Å². The van der Waals surface area contributed by atoms with E-state index in [2.05, 4.69) is 16.0 Å². The maximum atomic E-state index is 11.1. The highest BCUT2D eigenvalue weighted by Crippen LogP contribution is 2.32. The van der Waals surface area contributed by atoms with Gasteiger partial charge in [0.05, 0.1) is 5.69 Å². The van der Waals surface area contributed by atoms with Crippen LogP contribution in [0, 0.1) is 0 Å². The van der Waals surface area contributed by atoms with E-state index >= 15 is 0 Å². The van der Waals surface area contributed by atoms with Crippen molar-refractivity contribution in [3.63, 3.8) is 0 Å². The van der Waals surface area contributed by atoms with Gasteiger partial charge in [-0.05, 0) is 18.4 Å². The van der Waals surface area contributed by atoms with E-state index in [4.69, 9.17) is 5.11 Å². The van der Waals surface area contributed by atoms with Gasteiger partial charge in [0.1, 0.15) is 6.33 Å². The topological polar surface area (TPSA) is 63.1 Å². The molecule has 17 heavy (non-hydrogen) atoms. The van der Waals surface area contributed by atoms with E-state index in [0.29, 0.717) is 6.42 Å². The molecular weight excluding hydrogens is 216 g/mol. The number of benzene rings is 1. The van der Waals surface area contributed by atoms with Gasteiger partial charge >= 0.3 is 5.97 Å². The van der Waals surface area contributed by atoms with Crippen LogP contribution in [0.4, 0.5) is 0 Å². The summed E-state index contributed by atoms with van der Waals surface area (Å²) in [5, 5.41) is 9.10. The first-order chi connectivity index (χ1) is 8.27. The molecule has 4 heteroatoms. The second kappa shape index (κ2) is 3.66. The molecule has 2 aromatic rings. The predicted molar refractivity (Wildman–Crippen MR) is 61.8 cm³/mol. The summed E-state index contributed by atoms with van der Waals surface area (Å²) in [6, 6.07) is 7.96. The molecule has 0 aliphatic heterocycles. The molecule has 1 aromatic carbocycles. The predicted octanol–water partition coefficient (Wildman–Crippen LogP) is 1.94. The summed E-state index contributed by atoms with van der Waals surface area (Å²) >= 11 is 0. The largest absolute Gasteiger partial charge is 0.477 e. The molecule has 1 aromatic heterocycles. The fourth-order valence-corrected chi connectivity index (χ4v) is 2.29. The summed E-state index contributed by atoms with van der Waals surface area (Å²) in [5.41, 5.74) is 3.89. The Morgan fingerprint density at radius 1 is 1.18 bits per heavy atom. The lowest BCUT2D eigenvalue weighted by Gasteiger charge is -2.19. The molecule has 0 radical (unpaired) electrons. The van der Waals surface area contributed by atoms with Gasteiger partial charge in [-0.25, -0.2) is 14.8 Å². The van der Waals surface area contributed by atoms with Crippen LogP contribution < -0.4 is 0 Å². The third kappa shape index (κ3) is 1.49. The van der Waals surface area contributed by atoms with Gasteiger partial charge in [-0.15, -0.1) is 0 Å². The van der Waals surface area contributed by atoms with E-state index in [1.807, 2.05) is 18.2 Å². The summed E-state index contributed by atoms with van der Waals surface area (Å²) in [6.45, 7) is 0. The van der Waals surface area contributed by atoms with Crippen molar-refractivity contribution in [2.75, 3.05) is 0 Å². The molecule has 1 heterocycles. The Balaban J connectivity index is 2.27. The number of carboxylic acids is 1. The summed E-state index contributed by atoms with van der Waals surface area (Å²) < 4.78 is 0. The van der Waals surface area contributed by atoms with Crippen molar-refractivity contribution in [1.82, 2.24) is 9.97 Å². The molecule has 1 aliphatic rings. The van der Waals surface area contributed by atoms with E-state index in [0.717, 1.165) is 23.2 Å². The SMILES string of the molecule is O=C(O)c1ncnc2c1CCc1ccccc1-2. The van der Waals surface area contributed by atoms with E-state index in [1.54, 1.807) is 0 Å². The van der Waals surface area contributed by atoms with Crippen molar-refractivity contribution in [3.8, 4) is 11.3 Å². The lowest BCUT2D eigenvalue weighted by atomic mass is 9.88. The van der Waals surface area contributed by atoms with Crippen LogP contribution in [0.1, 0.15) is 21.6 Å². The molecule has 3 rings (SSSR count). The first kappa shape index (κ1) is 9.96. The van der Waals surface area contributed by atoms with Crippen molar-refractivity contribution in [2.24, 2.45) is 0 Å². The summed E-state index contributed by atoms with van der Waals surface area (Å²) in [5.74, 6) is -0.983. The molecular formula is C13H10N2O2. The molecule has 84 valence electrons. The van der Waals surface area contributed by atoms with Crippen LogP contribution in [0.15, 0.2) is 30.6 Å². The van der Waals surface area contributed by atoms with Gasteiger partial charge in [-0.2, -0.15) is 0 Å².